The number of fused-ring (bicyclic) bond motifs is 1. The lowest BCUT2D eigenvalue weighted by molar-refractivity contribution is -0.142. The molecule has 0 radical (unpaired) electrons. The van der Waals surface area contributed by atoms with E-state index < -0.39 is 16.8 Å². The van der Waals surface area contributed by atoms with E-state index in [-0.39, 0.29) is 16.7 Å². The van der Waals surface area contributed by atoms with Crippen molar-refractivity contribution in [2.24, 2.45) is 0 Å². The minimum atomic E-state index is -0.735. The van der Waals surface area contributed by atoms with Crippen molar-refractivity contribution in [2.75, 3.05) is 11.9 Å². The van der Waals surface area contributed by atoms with Crippen LogP contribution in [0.5, 0.6) is 0 Å². The number of hydrogen-bond acceptors (Lipinski definition) is 9. The molecule has 0 aliphatic heterocycles. The molecule has 0 saturated heterocycles. The largest absolute Gasteiger partial charge is 0.465 e. The third-order valence-electron chi connectivity index (χ3n) is 3.41. The number of nitrogens with one attached hydrogen (secondary N) is 1. The number of hydrogen-bond donors (Lipinski definition) is 1. The van der Waals surface area contributed by atoms with Crippen LogP contribution in [0.25, 0.3) is 11.0 Å². The summed E-state index contributed by atoms with van der Waals surface area (Å²) in [5, 5.41) is 10.7. The fourth-order valence-corrected chi connectivity index (χ4v) is 4.04. The van der Waals surface area contributed by atoms with E-state index in [0.29, 0.717) is 21.9 Å². The van der Waals surface area contributed by atoms with Crippen molar-refractivity contribution in [3.63, 3.8) is 0 Å². The Kier molecular flexibility index (Phi) is 5.87. The quantitative estimate of drug-likeness (QED) is 0.288. The SMILES string of the molecule is CCOC(=O)[C@@H](C)Sc1nnc(NC(=O)c2cc3ccccc3oc2=O)s1. The molecule has 0 bridgehead atoms. The van der Waals surface area contributed by atoms with Crippen molar-refractivity contribution in [1.82, 2.24) is 10.2 Å². The number of carbonyl (C=O) groups excluding carboxylic acids is 2. The van der Waals surface area contributed by atoms with Gasteiger partial charge in [-0.05, 0) is 26.0 Å². The van der Waals surface area contributed by atoms with Crippen molar-refractivity contribution >= 4 is 51.1 Å². The zero-order valence-corrected chi connectivity index (χ0v) is 16.1. The van der Waals surface area contributed by atoms with Crippen molar-refractivity contribution in [3.8, 4) is 0 Å². The number of aromatic nitrogens is 2. The molecule has 0 spiro atoms. The van der Waals surface area contributed by atoms with E-state index >= 15 is 0 Å². The highest BCUT2D eigenvalue weighted by Crippen LogP contribution is 2.29. The molecule has 140 valence electrons. The van der Waals surface area contributed by atoms with Gasteiger partial charge in [-0.3, -0.25) is 14.9 Å². The second kappa shape index (κ2) is 8.31. The minimum absolute atomic E-state index is 0.127. The van der Waals surface area contributed by atoms with Crippen LogP contribution in [0.2, 0.25) is 0 Å². The topological polar surface area (TPSA) is 111 Å². The summed E-state index contributed by atoms with van der Waals surface area (Å²) < 4.78 is 10.6. The maximum absolute atomic E-state index is 12.4. The summed E-state index contributed by atoms with van der Waals surface area (Å²) in [4.78, 5) is 36.1. The second-order valence-electron chi connectivity index (χ2n) is 5.32. The van der Waals surface area contributed by atoms with Crippen molar-refractivity contribution in [1.29, 1.82) is 0 Å². The van der Waals surface area contributed by atoms with Gasteiger partial charge in [0.2, 0.25) is 5.13 Å². The number of amides is 1. The van der Waals surface area contributed by atoms with Crippen LogP contribution < -0.4 is 10.9 Å². The highest BCUT2D eigenvalue weighted by Gasteiger charge is 2.20. The Labute approximate surface area is 161 Å². The van der Waals surface area contributed by atoms with Crippen molar-refractivity contribution in [2.45, 2.75) is 23.4 Å². The minimum Gasteiger partial charge on any atom is -0.465 e. The Morgan fingerprint density at radius 2 is 2.11 bits per heavy atom. The normalized spacial score (nSPS) is 11.9. The molecule has 0 saturated carbocycles. The molecular formula is C17H15N3O5S2. The molecule has 3 aromatic rings. The lowest BCUT2D eigenvalue weighted by Gasteiger charge is -2.06. The van der Waals surface area contributed by atoms with Crippen LogP contribution in [-0.4, -0.2) is 33.9 Å². The summed E-state index contributed by atoms with van der Waals surface area (Å²) in [7, 11) is 0. The molecule has 0 aliphatic carbocycles. The van der Waals surface area contributed by atoms with Crippen molar-refractivity contribution in [3.05, 3.63) is 46.3 Å². The molecule has 1 aromatic carbocycles. The molecule has 3 rings (SSSR count). The van der Waals surface area contributed by atoms with E-state index in [4.69, 9.17) is 9.15 Å². The number of carbonyl (C=O) groups is 2. The van der Waals surface area contributed by atoms with Crippen LogP contribution in [0.4, 0.5) is 5.13 Å². The van der Waals surface area contributed by atoms with Gasteiger partial charge in [0.15, 0.2) is 4.34 Å². The number of nitrogens with zero attached hydrogens (tertiary/aromatic N) is 2. The number of rotatable bonds is 6. The Balaban J connectivity index is 1.72. The zero-order chi connectivity index (χ0) is 19.4. The molecular weight excluding hydrogens is 390 g/mol. The summed E-state index contributed by atoms with van der Waals surface area (Å²) in [6, 6.07) is 8.38. The van der Waals surface area contributed by atoms with Crippen molar-refractivity contribution < 1.29 is 18.7 Å². The average molecular weight is 405 g/mol. The molecule has 10 heteroatoms. The van der Waals surface area contributed by atoms with Crippen LogP contribution in [-0.2, 0) is 9.53 Å². The Hall–Kier alpha value is -2.72. The number of ether oxygens (including phenoxy) is 1. The molecule has 0 unspecified atom stereocenters. The van der Waals surface area contributed by atoms with E-state index in [2.05, 4.69) is 15.5 Å². The first-order chi connectivity index (χ1) is 13.0. The fraction of sp³-hybridized carbons (Fsp3) is 0.235. The standard InChI is InChI=1S/C17H15N3O5S2/c1-3-24-14(22)9(2)26-17-20-19-16(27-17)18-13(21)11-8-10-6-4-5-7-12(10)25-15(11)23/h4-9H,3H2,1-2H3,(H,18,19,21)/t9-/m1/s1. The molecule has 8 nitrogen and oxygen atoms in total. The summed E-state index contributed by atoms with van der Waals surface area (Å²) in [5.41, 5.74) is -0.458. The van der Waals surface area contributed by atoms with Gasteiger partial charge in [0, 0.05) is 5.39 Å². The molecule has 1 N–H and O–H groups in total. The third-order valence-corrected chi connectivity index (χ3v) is 5.41. The summed E-state index contributed by atoms with van der Waals surface area (Å²) >= 11 is 2.28. The Morgan fingerprint density at radius 3 is 2.89 bits per heavy atom. The predicted molar refractivity (Wildman–Crippen MR) is 102 cm³/mol. The summed E-state index contributed by atoms with van der Waals surface area (Å²) in [5.74, 6) is -0.988. The first kappa shape index (κ1) is 19.1. The van der Waals surface area contributed by atoms with Gasteiger partial charge < -0.3 is 9.15 Å². The highest BCUT2D eigenvalue weighted by molar-refractivity contribution is 8.02. The van der Waals surface area contributed by atoms with E-state index in [1.807, 2.05) is 0 Å². The first-order valence-corrected chi connectivity index (χ1v) is 9.68. The summed E-state index contributed by atoms with van der Waals surface area (Å²) in [6.07, 6.45) is 0. The number of anilines is 1. The molecule has 0 aliphatic rings. The van der Waals surface area contributed by atoms with Gasteiger partial charge in [-0.1, -0.05) is 41.3 Å². The smallest absolute Gasteiger partial charge is 0.349 e. The van der Waals surface area contributed by atoms with E-state index in [1.54, 1.807) is 38.1 Å². The maximum Gasteiger partial charge on any atom is 0.349 e. The average Bonchev–Trinajstić information content (AvgIpc) is 3.07. The maximum atomic E-state index is 12.4. The van der Waals surface area contributed by atoms with Gasteiger partial charge >= 0.3 is 11.6 Å². The van der Waals surface area contributed by atoms with Gasteiger partial charge in [0.05, 0.1) is 6.61 Å². The van der Waals surface area contributed by atoms with Crippen LogP contribution in [0, 0.1) is 0 Å². The van der Waals surface area contributed by atoms with Gasteiger partial charge in [0.1, 0.15) is 16.4 Å². The van der Waals surface area contributed by atoms with E-state index in [1.165, 1.54) is 17.8 Å². The lowest BCUT2D eigenvalue weighted by Crippen LogP contribution is -2.20. The van der Waals surface area contributed by atoms with Gasteiger partial charge in [-0.2, -0.15) is 0 Å². The molecule has 1 atom stereocenters. The fourth-order valence-electron chi connectivity index (χ4n) is 2.15. The zero-order valence-electron chi connectivity index (χ0n) is 14.4. The molecule has 2 heterocycles. The van der Waals surface area contributed by atoms with E-state index in [0.717, 1.165) is 11.3 Å². The van der Waals surface area contributed by atoms with Crippen LogP contribution in [0.1, 0.15) is 24.2 Å². The number of benzene rings is 1. The van der Waals surface area contributed by atoms with Gasteiger partial charge in [-0.25, -0.2) is 4.79 Å². The van der Waals surface area contributed by atoms with Crippen LogP contribution in [0.3, 0.4) is 0 Å². The first-order valence-electron chi connectivity index (χ1n) is 7.99. The Morgan fingerprint density at radius 1 is 1.33 bits per heavy atom. The lowest BCUT2D eigenvalue weighted by atomic mass is 10.2. The molecule has 2 aromatic heterocycles. The number of para-hydroxylation sites is 1. The molecule has 0 fully saturated rings. The molecule has 27 heavy (non-hydrogen) atoms. The third kappa shape index (κ3) is 4.52. The van der Waals surface area contributed by atoms with Crippen LogP contribution in [0.15, 0.2) is 43.9 Å². The van der Waals surface area contributed by atoms with Gasteiger partial charge in [-0.15, -0.1) is 10.2 Å². The predicted octanol–water partition coefficient (Wildman–Crippen LogP) is 2.94. The highest BCUT2D eigenvalue weighted by atomic mass is 32.2. The Bertz CT molecular complexity index is 1050. The second-order valence-corrected chi connectivity index (χ2v) is 7.89. The van der Waals surface area contributed by atoms with E-state index in [9.17, 15) is 14.4 Å². The van der Waals surface area contributed by atoms with Crippen LogP contribution >= 0.6 is 23.1 Å². The number of thioether (sulfide) groups is 1. The summed E-state index contributed by atoms with van der Waals surface area (Å²) in [6.45, 7) is 3.73. The van der Waals surface area contributed by atoms with Gasteiger partial charge in [0.25, 0.3) is 5.91 Å². The number of esters is 1. The monoisotopic (exact) mass is 405 g/mol. The molecule has 1 amide bonds.